The molecule has 7 heteroatoms. The first-order valence-electron chi connectivity index (χ1n) is 9.31. The topological polar surface area (TPSA) is 73.7 Å². The molecule has 150 valence electrons. The van der Waals surface area contributed by atoms with Crippen molar-refractivity contribution in [1.82, 2.24) is 9.88 Å². The molecule has 1 amide bonds. The van der Waals surface area contributed by atoms with Gasteiger partial charge in [-0.1, -0.05) is 23.7 Å². The Morgan fingerprint density at radius 3 is 2.31 bits per heavy atom. The van der Waals surface area contributed by atoms with Gasteiger partial charge in [0.15, 0.2) is 5.78 Å². The van der Waals surface area contributed by atoms with Crippen LogP contribution < -0.4 is 4.90 Å². The third kappa shape index (κ3) is 6.01. The monoisotopic (exact) mass is 411 g/mol. The smallest absolute Gasteiger partial charge is 0.246 e. The van der Waals surface area contributed by atoms with Crippen LogP contribution in [0.5, 0.6) is 0 Å². The maximum atomic E-state index is 12.5. The molecule has 1 aromatic heterocycles. The second kappa shape index (κ2) is 10.0. The fourth-order valence-electron chi connectivity index (χ4n) is 3.01. The Bertz CT molecular complexity index is 934. The van der Waals surface area contributed by atoms with Gasteiger partial charge in [0.25, 0.3) is 0 Å². The zero-order chi connectivity index (χ0) is 20.6. The van der Waals surface area contributed by atoms with E-state index in [1.165, 1.54) is 18.2 Å². The maximum absolute atomic E-state index is 12.5. The Hall–Kier alpha value is -2.96. The summed E-state index contributed by atoms with van der Waals surface area (Å²) in [7, 11) is 0. The number of hydrogen-bond donors (Lipinski definition) is 1. The van der Waals surface area contributed by atoms with Gasteiger partial charge < -0.3 is 14.9 Å². The Labute approximate surface area is 174 Å². The van der Waals surface area contributed by atoms with Crippen LogP contribution in [-0.4, -0.2) is 59.5 Å². The van der Waals surface area contributed by atoms with Gasteiger partial charge >= 0.3 is 0 Å². The van der Waals surface area contributed by atoms with Crippen LogP contribution in [0.4, 0.5) is 5.69 Å². The number of aliphatic hydroxyl groups excluding tert-OH is 1. The van der Waals surface area contributed by atoms with Gasteiger partial charge in [-0.3, -0.25) is 9.59 Å². The van der Waals surface area contributed by atoms with E-state index in [4.69, 9.17) is 16.7 Å². The van der Waals surface area contributed by atoms with E-state index in [0.29, 0.717) is 29.5 Å². The first-order chi connectivity index (χ1) is 14.0. The number of pyridine rings is 1. The van der Waals surface area contributed by atoms with Gasteiger partial charge in [0.1, 0.15) is 6.61 Å². The van der Waals surface area contributed by atoms with Gasteiger partial charge in [-0.2, -0.15) is 0 Å². The summed E-state index contributed by atoms with van der Waals surface area (Å²) in [5.41, 5.74) is 2.26. The molecular formula is C22H22ClN3O3. The summed E-state index contributed by atoms with van der Waals surface area (Å²) in [6.07, 6.45) is 5.99. The van der Waals surface area contributed by atoms with Gasteiger partial charge in [-0.15, -0.1) is 0 Å². The highest BCUT2D eigenvalue weighted by Gasteiger charge is 2.19. The van der Waals surface area contributed by atoms with E-state index in [1.807, 2.05) is 24.3 Å². The molecule has 2 heterocycles. The summed E-state index contributed by atoms with van der Waals surface area (Å²) in [6.45, 7) is 2.23. The molecule has 1 aromatic carbocycles. The van der Waals surface area contributed by atoms with E-state index in [9.17, 15) is 9.59 Å². The van der Waals surface area contributed by atoms with E-state index in [1.54, 1.807) is 29.2 Å². The molecule has 2 aromatic rings. The Morgan fingerprint density at radius 2 is 1.66 bits per heavy atom. The van der Waals surface area contributed by atoms with Crippen LogP contribution >= 0.6 is 11.6 Å². The SMILES string of the molecule is O=C(/C=C/c1cccc(/C=C/C(=O)N2CCN(c3cccc(Cl)c3)CC2)n1)CO. The van der Waals surface area contributed by atoms with Crippen molar-refractivity contribution in [3.8, 4) is 0 Å². The molecule has 1 aliphatic rings. The van der Waals surface area contributed by atoms with Crippen molar-refractivity contribution in [2.24, 2.45) is 0 Å². The molecule has 0 unspecified atom stereocenters. The first-order valence-corrected chi connectivity index (χ1v) is 9.69. The lowest BCUT2D eigenvalue weighted by Crippen LogP contribution is -2.48. The number of aromatic nitrogens is 1. The highest BCUT2D eigenvalue weighted by Crippen LogP contribution is 2.20. The molecule has 0 bridgehead atoms. The van der Waals surface area contributed by atoms with E-state index in [-0.39, 0.29) is 11.7 Å². The van der Waals surface area contributed by atoms with E-state index in [2.05, 4.69) is 9.88 Å². The minimum Gasteiger partial charge on any atom is -0.388 e. The summed E-state index contributed by atoms with van der Waals surface area (Å²) in [6, 6.07) is 13.0. The number of aliphatic hydroxyl groups is 1. The largest absolute Gasteiger partial charge is 0.388 e. The van der Waals surface area contributed by atoms with E-state index in [0.717, 1.165) is 18.8 Å². The quantitative estimate of drug-likeness (QED) is 0.740. The molecular weight excluding hydrogens is 390 g/mol. The van der Waals surface area contributed by atoms with Crippen LogP contribution in [0.2, 0.25) is 5.02 Å². The number of ketones is 1. The molecule has 29 heavy (non-hydrogen) atoms. The molecule has 1 aliphatic heterocycles. The number of carbonyl (C=O) groups excluding carboxylic acids is 2. The van der Waals surface area contributed by atoms with Crippen molar-refractivity contribution >= 4 is 41.1 Å². The summed E-state index contributed by atoms with van der Waals surface area (Å²) < 4.78 is 0. The van der Waals surface area contributed by atoms with Crippen LogP contribution in [-0.2, 0) is 9.59 Å². The molecule has 0 saturated carbocycles. The normalized spacial score (nSPS) is 14.7. The van der Waals surface area contributed by atoms with Crippen LogP contribution in [0.3, 0.4) is 0 Å². The molecule has 1 saturated heterocycles. The minimum atomic E-state index is -0.533. The zero-order valence-electron chi connectivity index (χ0n) is 15.9. The zero-order valence-corrected chi connectivity index (χ0v) is 16.6. The number of hydrogen-bond acceptors (Lipinski definition) is 5. The third-order valence-electron chi connectivity index (χ3n) is 4.55. The number of amides is 1. The second-order valence-corrected chi connectivity index (χ2v) is 7.01. The van der Waals surface area contributed by atoms with Crippen molar-refractivity contribution in [3.63, 3.8) is 0 Å². The summed E-state index contributed by atoms with van der Waals surface area (Å²) in [4.78, 5) is 32.0. The lowest BCUT2D eigenvalue weighted by Gasteiger charge is -2.35. The number of carbonyl (C=O) groups is 2. The average Bonchev–Trinajstić information content (AvgIpc) is 2.76. The number of piperazine rings is 1. The second-order valence-electron chi connectivity index (χ2n) is 6.57. The lowest BCUT2D eigenvalue weighted by molar-refractivity contribution is -0.126. The Balaban J connectivity index is 1.56. The van der Waals surface area contributed by atoms with Gasteiger partial charge in [0, 0.05) is 43.0 Å². The number of benzene rings is 1. The van der Waals surface area contributed by atoms with Crippen molar-refractivity contribution in [2.45, 2.75) is 0 Å². The fourth-order valence-corrected chi connectivity index (χ4v) is 3.19. The van der Waals surface area contributed by atoms with Gasteiger partial charge in [-0.05, 0) is 48.6 Å². The predicted molar refractivity (Wildman–Crippen MR) is 115 cm³/mol. The highest BCUT2D eigenvalue weighted by molar-refractivity contribution is 6.30. The van der Waals surface area contributed by atoms with Crippen LogP contribution in [0, 0.1) is 0 Å². The van der Waals surface area contributed by atoms with Crippen molar-refractivity contribution in [3.05, 3.63) is 71.0 Å². The predicted octanol–water partition coefficient (Wildman–Crippen LogP) is 2.67. The highest BCUT2D eigenvalue weighted by atomic mass is 35.5. The Kier molecular flexibility index (Phi) is 7.16. The number of nitrogens with zero attached hydrogens (tertiary/aromatic N) is 3. The molecule has 6 nitrogen and oxygen atoms in total. The molecule has 0 radical (unpaired) electrons. The summed E-state index contributed by atoms with van der Waals surface area (Å²) in [5, 5.41) is 9.45. The molecule has 0 spiro atoms. The standard InChI is InChI=1S/C22H22ClN3O3/c23-17-3-1-6-20(15-17)25-11-13-26(14-12-25)22(29)10-8-19-5-2-4-18(24-19)7-9-21(28)16-27/h1-10,15,27H,11-14,16H2/b9-7+,10-8+. The van der Waals surface area contributed by atoms with E-state index >= 15 is 0 Å². The Morgan fingerprint density at radius 1 is 1.00 bits per heavy atom. The number of anilines is 1. The molecule has 1 fully saturated rings. The number of rotatable bonds is 6. The van der Waals surface area contributed by atoms with Crippen LogP contribution in [0.25, 0.3) is 12.2 Å². The molecule has 3 rings (SSSR count). The van der Waals surface area contributed by atoms with Crippen molar-refractivity contribution < 1.29 is 14.7 Å². The van der Waals surface area contributed by atoms with Gasteiger partial charge in [-0.25, -0.2) is 4.98 Å². The molecule has 0 aliphatic carbocycles. The fraction of sp³-hybridized carbons (Fsp3) is 0.227. The van der Waals surface area contributed by atoms with Crippen molar-refractivity contribution in [2.75, 3.05) is 37.7 Å². The maximum Gasteiger partial charge on any atom is 0.246 e. The number of halogens is 1. The average molecular weight is 412 g/mol. The van der Waals surface area contributed by atoms with Crippen LogP contribution in [0.1, 0.15) is 11.4 Å². The van der Waals surface area contributed by atoms with E-state index < -0.39 is 6.61 Å². The summed E-state index contributed by atoms with van der Waals surface area (Å²) >= 11 is 6.06. The molecule has 0 atom stereocenters. The van der Waals surface area contributed by atoms with Crippen molar-refractivity contribution in [1.29, 1.82) is 0 Å². The lowest BCUT2D eigenvalue weighted by atomic mass is 10.2. The molecule has 1 N–H and O–H groups in total. The van der Waals surface area contributed by atoms with Gasteiger partial charge in [0.05, 0.1) is 11.4 Å². The van der Waals surface area contributed by atoms with Gasteiger partial charge in [0.2, 0.25) is 5.91 Å². The van der Waals surface area contributed by atoms with Crippen LogP contribution in [0.15, 0.2) is 54.6 Å². The third-order valence-corrected chi connectivity index (χ3v) is 4.78. The first kappa shape index (κ1) is 20.8. The summed E-state index contributed by atoms with van der Waals surface area (Å²) in [5.74, 6) is -0.450. The minimum absolute atomic E-state index is 0.0612.